The van der Waals surface area contributed by atoms with Crippen LogP contribution >= 0.6 is 0 Å². The van der Waals surface area contributed by atoms with E-state index >= 15 is 0 Å². The summed E-state index contributed by atoms with van der Waals surface area (Å²) in [5, 5.41) is 5.40. The third kappa shape index (κ3) is 5.48. The Hall–Kier alpha value is -2.78. The second kappa shape index (κ2) is 9.15. The number of rotatable bonds is 6. The summed E-state index contributed by atoms with van der Waals surface area (Å²) in [5.74, 6) is -0.887. The Labute approximate surface area is 181 Å². The zero-order valence-electron chi connectivity index (χ0n) is 17.5. The highest BCUT2D eigenvalue weighted by molar-refractivity contribution is 7.89. The lowest BCUT2D eigenvalue weighted by molar-refractivity contribution is -0.132. The minimum Gasteiger partial charge on any atom is -0.352 e. The van der Waals surface area contributed by atoms with Crippen molar-refractivity contribution in [2.75, 3.05) is 18.4 Å². The van der Waals surface area contributed by atoms with Crippen molar-refractivity contribution in [2.24, 2.45) is 5.41 Å². The van der Waals surface area contributed by atoms with Crippen LogP contribution in [0.15, 0.2) is 53.4 Å². The van der Waals surface area contributed by atoms with Crippen LogP contribution in [0.3, 0.4) is 0 Å². The summed E-state index contributed by atoms with van der Waals surface area (Å²) in [6, 6.07) is 11.9. The SMILES string of the molecule is CC(=O)Nc1ccc(S(=O)(=O)N2CCC[C@@](C)(C(=O)NCc3cccc(F)c3)C2)cc1. The van der Waals surface area contributed by atoms with E-state index in [1.165, 1.54) is 47.6 Å². The van der Waals surface area contributed by atoms with Gasteiger partial charge in [0.05, 0.1) is 10.3 Å². The monoisotopic (exact) mass is 447 g/mol. The van der Waals surface area contributed by atoms with Crippen molar-refractivity contribution >= 4 is 27.5 Å². The molecular formula is C22H26FN3O4S. The second-order valence-corrected chi connectivity index (χ2v) is 9.96. The predicted molar refractivity (Wildman–Crippen MR) is 115 cm³/mol. The van der Waals surface area contributed by atoms with Crippen molar-refractivity contribution < 1.29 is 22.4 Å². The Balaban J connectivity index is 1.70. The lowest BCUT2D eigenvalue weighted by Crippen LogP contribution is -2.51. The van der Waals surface area contributed by atoms with Gasteiger partial charge in [0.1, 0.15) is 5.82 Å². The summed E-state index contributed by atoms with van der Waals surface area (Å²) in [4.78, 5) is 24.1. The van der Waals surface area contributed by atoms with Gasteiger partial charge in [0.25, 0.3) is 0 Å². The molecule has 0 bridgehead atoms. The van der Waals surface area contributed by atoms with Crippen LogP contribution in [-0.4, -0.2) is 37.6 Å². The van der Waals surface area contributed by atoms with Crippen LogP contribution in [0.2, 0.25) is 0 Å². The number of halogens is 1. The molecule has 1 saturated heterocycles. The molecule has 0 saturated carbocycles. The zero-order valence-corrected chi connectivity index (χ0v) is 18.3. The van der Waals surface area contributed by atoms with Crippen LogP contribution in [0.5, 0.6) is 0 Å². The number of carbonyl (C=O) groups is 2. The molecule has 1 fully saturated rings. The van der Waals surface area contributed by atoms with Crippen LogP contribution in [0.25, 0.3) is 0 Å². The molecule has 31 heavy (non-hydrogen) atoms. The number of hydrogen-bond acceptors (Lipinski definition) is 4. The number of nitrogens with zero attached hydrogens (tertiary/aromatic N) is 1. The van der Waals surface area contributed by atoms with Crippen LogP contribution in [0.4, 0.5) is 10.1 Å². The number of amides is 2. The van der Waals surface area contributed by atoms with Gasteiger partial charge in [-0.1, -0.05) is 12.1 Å². The Bertz CT molecular complexity index is 1070. The van der Waals surface area contributed by atoms with Gasteiger partial charge in [0, 0.05) is 32.2 Å². The first kappa shape index (κ1) is 22.9. The molecule has 1 atom stereocenters. The minimum absolute atomic E-state index is 0.0533. The van der Waals surface area contributed by atoms with Crippen molar-refractivity contribution in [3.8, 4) is 0 Å². The average molecular weight is 448 g/mol. The van der Waals surface area contributed by atoms with E-state index < -0.39 is 15.4 Å². The molecule has 0 unspecified atom stereocenters. The average Bonchev–Trinajstić information content (AvgIpc) is 2.72. The molecule has 0 radical (unpaired) electrons. The van der Waals surface area contributed by atoms with Gasteiger partial charge in [-0.15, -0.1) is 0 Å². The first-order chi connectivity index (χ1) is 14.6. The van der Waals surface area contributed by atoms with Crippen molar-refractivity contribution in [3.63, 3.8) is 0 Å². The third-order valence-electron chi connectivity index (χ3n) is 5.36. The lowest BCUT2D eigenvalue weighted by atomic mass is 9.82. The minimum atomic E-state index is -3.79. The first-order valence-corrected chi connectivity index (χ1v) is 11.4. The van der Waals surface area contributed by atoms with E-state index in [1.807, 2.05) is 0 Å². The fourth-order valence-electron chi connectivity index (χ4n) is 3.69. The maximum atomic E-state index is 13.3. The second-order valence-electron chi connectivity index (χ2n) is 8.02. The molecule has 1 aliphatic heterocycles. The van der Waals surface area contributed by atoms with E-state index in [0.717, 1.165) is 0 Å². The van der Waals surface area contributed by atoms with E-state index in [-0.39, 0.29) is 35.6 Å². The van der Waals surface area contributed by atoms with Gasteiger partial charge < -0.3 is 10.6 Å². The van der Waals surface area contributed by atoms with Crippen LogP contribution < -0.4 is 10.6 Å². The van der Waals surface area contributed by atoms with E-state index in [9.17, 15) is 22.4 Å². The molecule has 166 valence electrons. The summed E-state index contributed by atoms with van der Waals surface area (Å²) >= 11 is 0. The topological polar surface area (TPSA) is 95.6 Å². The molecule has 7 nitrogen and oxygen atoms in total. The summed E-state index contributed by atoms with van der Waals surface area (Å²) < 4.78 is 40.9. The quantitative estimate of drug-likeness (QED) is 0.712. The molecule has 2 amide bonds. The van der Waals surface area contributed by atoms with Gasteiger partial charge in [-0.05, 0) is 61.7 Å². The van der Waals surface area contributed by atoms with Crippen molar-refractivity contribution in [1.82, 2.24) is 9.62 Å². The molecular weight excluding hydrogens is 421 g/mol. The number of benzene rings is 2. The zero-order chi connectivity index (χ0) is 22.6. The highest BCUT2D eigenvalue weighted by Crippen LogP contribution is 2.33. The molecule has 0 spiro atoms. The maximum Gasteiger partial charge on any atom is 0.243 e. The maximum absolute atomic E-state index is 13.3. The first-order valence-electron chi connectivity index (χ1n) is 10.0. The number of sulfonamides is 1. The molecule has 0 aliphatic carbocycles. The molecule has 3 rings (SSSR count). The highest BCUT2D eigenvalue weighted by atomic mass is 32.2. The summed E-state index contributed by atoms with van der Waals surface area (Å²) in [6.45, 7) is 3.66. The summed E-state index contributed by atoms with van der Waals surface area (Å²) in [5.41, 5.74) is 0.248. The fourth-order valence-corrected chi connectivity index (χ4v) is 5.29. The normalized spacial score (nSPS) is 19.6. The Morgan fingerprint density at radius 2 is 1.87 bits per heavy atom. The Morgan fingerprint density at radius 3 is 2.52 bits per heavy atom. The van der Waals surface area contributed by atoms with Crippen molar-refractivity contribution in [1.29, 1.82) is 0 Å². The van der Waals surface area contributed by atoms with Crippen LogP contribution in [0.1, 0.15) is 32.3 Å². The molecule has 2 aromatic rings. The predicted octanol–water partition coefficient (Wildman–Crippen LogP) is 2.89. The molecule has 1 aliphatic rings. The molecule has 0 aromatic heterocycles. The molecule has 2 N–H and O–H groups in total. The van der Waals surface area contributed by atoms with E-state index in [1.54, 1.807) is 19.1 Å². The number of carbonyl (C=O) groups excluding carboxylic acids is 2. The number of hydrogen-bond donors (Lipinski definition) is 2. The van der Waals surface area contributed by atoms with Crippen LogP contribution in [-0.2, 0) is 26.2 Å². The molecule has 2 aromatic carbocycles. The number of piperidine rings is 1. The molecule has 1 heterocycles. The van der Waals surface area contributed by atoms with E-state index in [2.05, 4.69) is 10.6 Å². The number of anilines is 1. The summed E-state index contributed by atoms with van der Waals surface area (Å²) in [7, 11) is -3.79. The van der Waals surface area contributed by atoms with Gasteiger partial charge in [-0.2, -0.15) is 4.31 Å². The van der Waals surface area contributed by atoms with Gasteiger partial charge in [0.15, 0.2) is 0 Å². The molecule has 9 heteroatoms. The number of nitrogens with one attached hydrogen (secondary N) is 2. The van der Waals surface area contributed by atoms with E-state index in [4.69, 9.17) is 0 Å². The smallest absolute Gasteiger partial charge is 0.243 e. The Morgan fingerprint density at radius 1 is 1.16 bits per heavy atom. The van der Waals surface area contributed by atoms with Gasteiger partial charge >= 0.3 is 0 Å². The van der Waals surface area contributed by atoms with Gasteiger partial charge in [-0.25, -0.2) is 12.8 Å². The summed E-state index contributed by atoms with van der Waals surface area (Å²) in [6.07, 6.45) is 1.10. The van der Waals surface area contributed by atoms with Crippen LogP contribution in [0, 0.1) is 11.2 Å². The van der Waals surface area contributed by atoms with Crippen molar-refractivity contribution in [3.05, 3.63) is 59.9 Å². The van der Waals surface area contributed by atoms with Crippen molar-refractivity contribution in [2.45, 2.75) is 38.1 Å². The fraction of sp³-hybridized carbons (Fsp3) is 0.364. The van der Waals surface area contributed by atoms with Gasteiger partial charge in [0.2, 0.25) is 21.8 Å². The van der Waals surface area contributed by atoms with E-state index in [0.29, 0.717) is 30.6 Å². The standard InChI is InChI=1S/C22H26FN3O4S/c1-16(27)25-19-7-9-20(10-8-19)31(29,30)26-12-4-11-22(2,15-26)21(28)24-14-17-5-3-6-18(23)13-17/h3,5-10,13H,4,11-12,14-15H2,1-2H3,(H,24,28)(H,25,27)/t22-/m1/s1. The lowest BCUT2D eigenvalue weighted by Gasteiger charge is -2.38. The highest BCUT2D eigenvalue weighted by Gasteiger charge is 2.41. The van der Waals surface area contributed by atoms with Gasteiger partial charge in [-0.3, -0.25) is 9.59 Å². The Kier molecular flexibility index (Phi) is 6.76. The largest absolute Gasteiger partial charge is 0.352 e. The third-order valence-corrected chi connectivity index (χ3v) is 7.22.